The van der Waals surface area contributed by atoms with Gasteiger partial charge in [-0.3, -0.25) is 14.4 Å². The Morgan fingerprint density at radius 2 is 1.46 bits per heavy atom. The average Bonchev–Trinajstić information content (AvgIpc) is 3.24. The molecule has 2 aliphatic rings. The number of likely N-dealkylation sites (N-methyl/N-ethyl adjacent to an activating group) is 1. The van der Waals surface area contributed by atoms with Gasteiger partial charge in [0.05, 0.1) is 18.7 Å². The van der Waals surface area contributed by atoms with E-state index in [1.54, 1.807) is 18.9 Å². The maximum Gasteiger partial charge on any atom is 0.247 e. The molecule has 0 saturated carbocycles. The van der Waals surface area contributed by atoms with Crippen molar-refractivity contribution in [1.29, 1.82) is 0 Å². The fourth-order valence-electron chi connectivity index (χ4n) is 6.54. The summed E-state index contributed by atoms with van der Waals surface area (Å²) in [6.45, 7) is 10.6. The van der Waals surface area contributed by atoms with E-state index >= 15 is 0 Å². The first-order valence-electron chi connectivity index (χ1n) is 14.4. The normalized spacial score (nSPS) is 22.6. The van der Waals surface area contributed by atoms with Crippen LogP contribution >= 0.6 is 12.4 Å². The molecule has 2 heterocycles. The van der Waals surface area contributed by atoms with Crippen molar-refractivity contribution in [3.05, 3.63) is 71.8 Å². The Bertz CT molecular complexity index is 1130. The SMILES string of the molecule is CN[C@@H](C)C(=O)N[C@H]1CCOC2CC(C(C)C)(C(C)C)C(C(=O)NC(c3ccccc3)c3ccccc3)N2C1=O.Cl. The van der Waals surface area contributed by atoms with Crippen molar-refractivity contribution in [2.45, 2.75) is 77.9 Å². The number of hydrogen-bond acceptors (Lipinski definition) is 5. The zero-order valence-electron chi connectivity index (χ0n) is 24.9. The third-order valence-corrected chi connectivity index (χ3v) is 8.99. The molecular formula is C32H45ClN4O4. The van der Waals surface area contributed by atoms with E-state index in [9.17, 15) is 14.4 Å². The van der Waals surface area contributed by atoms with Gasteiger partial charge in [-0.15, -0.1) is 12.4 Å². The lowest BCUT2D eigenvalue weighted by molar-refractivity contribution is -0.151. The summed E-state index contributed by atoms with van der Waals surface area (Å²) in [4.78, 5) is 43.1. The molecule has 0 aliphatic carbocycles. The molecule has 9 heteroatoms. The van der Waals surface area contributed by atoms with E-state index in [1.165, 1.54) is 0 Å². The number of nitrogens with zero attached hydrogens (tertiary/aromatic N) is 1. The minimum Gasteiger partial charge on any atom is -0.358 e. The molecule has 4 atom stereocenters. The highest BCUT2D eigenvalue weighted by atomic mass is 35.5. The number of amides is 3. The lowest BCUT2D eigenvalue weighted by Gasteiger charge is -2.44. The predicted octanol–water partition coefficient (Wildman–Crippen LogP) is 4.05. The van der Waals surface area contributed by atoms with Crippen LogP contribution in [0.2, 0.25) is 0 Å². The van der Waals surface area contributed by atoms with Gasteiger partial charge in [-0.25, -0.2) is 0 Å². The van der Waals surface area contributed by atoms with Crippen molar-refractivity contribution >= 4 is 30.1 Å². The van der Waals surface area contributed by atoms with Crippen LogP contribution in [0.1, 0.15) is 64.6 Å². The maximum atomic E-state index is 14.6. The Labute approximate surface area is 250 Å². The number of fused-ring (bicyclic) bond motifs is 1. The average molecular weight is 585 g/mol. The molecule has 0 aromatic heterocycles. The Morgan fingerprint density at radius 3 is 1.95 bits per heavy atom. The summed E-state index contributed by atoms with van der Waals surface area (Å²) >= 11 is 0. The number of hydrogen-bond donors (Lipinski definition) is 3. The molecule has 2 aromatic rings. The number of ether oxygens (including phenoxy) is 1. The summed E-state index contributed by atoms with van der Waals surface area (Å²) in [6.07, 6.45) is 0.375. The molecule has 0 spiro atoms. The quantitative estimate of drug-likeness (QED) is 0.413. The minimum absolute atomic E-state index is 0. The summed E-state index contributed by atoms with van der Waals surface area (Å²) in [5.41, 5.74) is 1.40. The predicted molar refractivity (Wildman–Crippen MR) is 162 cm³/mol. The van der Waals surface area contributed by atoms with E-state index in [0.717, 1.165) is 11.1 Å². The summed E-state index contributed by atoms with van der Waals surface area (Å²) in [7, 11) is 1.70. The molecule has 224 valence electrons. The lowest BCUT2D eigenvalue weighted by Crippen LogP contribution is -2.60. The van der Waals surface area contributed by atoms with Crippen LogP contribution in [0, 0.1) is 17.3 Å². The van der Waals surface area contributed by atoms with Gasteiger partial charge in [0.1, 0.15) is 18.3 Å². The molecule has 2 aliphatic heterocycles. The summed E-state index contributed by atoms with van der Waals surface area (Å²) in [6, 6.07) is 17.4. The molecule has 3 N–H and O–H groups in total. The molecule has 4 rings (SSSR count). The van der Waals surface area contributed by atoms with Crippen LogP contribution in [0.5, 0.6) is 0 Å². The summed E-state index contributed by atoms with van der Waals surface area (Å²) in [5, 5.41) is 9.15. The Hall–Kier alpha value is -2.94. The number of benzene rings is 2. The van der Waals surface area contributed by atoms with Crippen molar-refractivity contribution in [3.63, 3.8) is 0 Å². The molecule has 2 fully saturated rings. The Balaban J connectivity index is 0.00000462. The lowest BCUT2D eigenvalue weighted by atomic mass is 9.63. The van der Waals surface area contributed by atoms with Crippen LogP contribution in [0.15, 0.2) is 60.7 Å². The highest BCUT2D eigenvalue weighted by Crippen LogP contribution is 2.52. The van der Waals surface area contributed by atoms with Crippen molar-refractivity contribution in [2.24, 2.45) is 17.3 Å². The zero-order valence-corrected chi connectivity index (χ0v) is 25.7. The van der Waals surface area contributed by atoms with Gasteiger partial charge in [-0.05, 0) is 36.9 Å². The second-order valence-electron chi connectivity index (χ2n) is 11.7. The van der Waals surface area contributed by atoms with Crippen molar-refractivity contribution in [2.75, 3.05) is 13.7 Å². The minimum atomic E-state index is -0.766. The maximum absolute atomic E-state index is 14.6. The Kier molecular flexibility index (Phi) is 11.0. The topological polar surface area (TPSA) is 99.8 Å². The van der Waals surface area contributed by atoms with Gasteiger partial charge in [-0.1, -0.05) is 88.4 Å². The number of nitrogens with one attached hydrogen (secondary N) is 3. The van der Waals surface area contributed by atoms with E-state index < -0.39 is 29.8 Å². The van der Waals surface area contributed by atoms with Gasteiger partial charge in [0.2, 0.25) is 17.7 Å². The highest BCUT2D eigenvalue weighted by Gasteiger charge is 2.61. The Morgan fingerprint density at radius 1 is 0.927 bits per heavy atom. The third kappa shape index (κ3) is 6.45. The number of carbonyl (C=O) groups is 3. The van der Waals surface area contributed by atoms with Gasteiger partial charge in [0.15, 0.2) is 0 Å². The fraction of sp³-hybridized carbons (Fsp3) is 0.531. The number of carbonyl (C=O) groups excluding carboxylic acids is 3. The molecule has 2 saturated heterocycles. The van der Waals surface area contributed by atoms with Gasteiger partial charge < -0.3 is 25.6 Å². The molecule has 2 unspecified atom stereocenters. The van der Waals surface area contributed by atoms with Crippen LogP contribution < -0.4 is 16.0 Å². The zero-order chi connectivity index (χ0) is 29.0. The van der Waals surface area contributed by atoms with E-state index in [0.29, 0.717) is 19.4 Å². The van der Waals surface area contributed by atoms with E-state index in [-0.39, 0.29) is 48.0 Å². The number of rotatable bonds is 9. The van der Waals surface area contributed by atoms with Gasteiger partial charge >= 0.3 is 0 Å². The summed E-state index contributed by atoms with van der Waals surface area (Å²) in [5.74, 6) is -0.549. The first kappa shape index (κ1) is 32.6. The monoisotopic (exact) mass is 584 g/mol. The largest absolute Gasteiger partial charge is 0.358 e. The van der Waals surface area contributed by atoms with E-state index in [2.05, 4.69) is 43.6 Å². The van der Waals surface area contributed by atoms with Crippen LogP contribution in [0.25, 0.3) is 0 Å². The molecule has 8 nitrogen and oxygen atoms in total. The molecule has 3 amide bonds. The second-order valence-corrected chi connectivity index (χ2v) is 11.7. The van der Waals surface area contributed by atoms with Gasteiger partial charge in [0, 0.05) is 18.3 Å². The van der Waals surface area contributed by atoms with Gasteiger partial charge in [0.25, 0.3) is 0 Å². The molecular weight excluding hydrogens is 540 g/mol. The standard InChI is InChI=1S/C32H44N4O4.ClH/c1-20(2)32(21(3)4)19-26-36(31(39)25(17-18-40-26)34-29(37)22(5)33-6)28(32)30(38)35-27(23-13-9-7-10-14-23)24-15-11-8-12-16-24;/h7-16,20-22,25-28,33H,17-19H2,1-6H3,(H,34,37)(H,35,38);1H/t22-,25-,26?,28?;/m0./s1. The van der Waals surface area contributed by atoms with Crippen molar-refractivity contribution in [3.8, 4) is 0 Å². The van der Waals surface area contributed by atoms with E-state index in [1.807, 2.05) is 60.7 Å². The molecule has 2 aromatic carbocycles. The van der Waals surface area contributed by atoms with Crippen LogP contribution in [-0.4, -0.2) is 60.6 Å². The van der Waals surface area contributed by atoms with E-state index in [4.69, 9.17) is 4.74 Å². The first-order chi connectivity index (χ1) is 19.1. The summed E-state index contributed by atoms with van der Waals surface area (Å²) < 4.78 is 6.26. The highest BCUT2D eigenvalue weighted by molar-refractivity contribution is 5.94. The second kappa shape index (κ2) is 13.8. The first-order valence-corrected chi connectivity index (χ1v) is 14.4. The van der Waals surface area contributed by atoms with Crippen molar-refractivity contribution in [1.82, 2.24) is 20.9 Å². The number of halogens is 1. The third-order valence-electron chi connectivity index (χ3n) is 8.99. The van der Waals surface area contributed by atoms with Crippen molar-refractivity contribution < 1.29 is 19.1 Å². The van der Waals surface area contributed by atoms with Crippen LogP contribution in [0.4, 0.5) is 0 Å². The molecule has 0 radical (unpaired) electrons. The molecule has 0 bridgehead atoms. The van der Waals surface area contributed by atoms with Gasteiger partial charge in [-0.2, -0.15) is 0 Å². The fourth-order valence-corrected chi connectivity index (χ4v) is 6.54. The van der Waals surface area contributed by atoms with Crippen LogP contribution in [-0.2, 0) is 19.1 Å². The van der Waals surface area contributed by atoms with Crippen LogP contribution in [0.3, 0.4) is 0 Å². The smallest absolute Gasteiger partial charge is 0.247 e. The molecule has 41 heavy (non-hydrogen) atoms.